The number of nitrogens with zero attached hydrogens (tertiary/aromatic N) is 4. The van der Waals surface area contributed by atoms with Crippen molar-refractivity contribution in [2.45, 2.75) is 44.4 Å². The van der Waals surface area contributed by atoms with Crippen LogP contribution in [0.4, 0.5) is 0 Å². The maximum atomic E-state index is 9.01. The predicted octanol–water partition coefficient (Wildman–Crippen LogP) is 2.82. The molecule has 1 aliphatic carbocycles. The van der Waals surface area contributed by atoms with E-state index in [1.807, 2.05) is 16.7 Å². The van der Waals surface area contributed by atoms with Crippen LogP contribution in [0.15, 0.2) is 18.3 Å². The minimum atomic E-state index is 0.160. The third kappa shape index (κ3) is 1.51. The van der Waals surface area contributed by atoms with Gasteiger partial charge in [0.25, 0.3) is 0 Å². The Balaban J connectivity index is 2.20. The van der Waals surface area contributed by atoms with Crippen LogP contribution in [0, 0.1) is 11.3 Å². The molecule has 2 heterocycles. The predicted molar refractivity (Wildman–Crippen MR) is 68.1 cm³/mol. The molecule has 0 radical (unpaired) electrons. The zero-order valence-corrected chi connectivity index (χ0v) is 10.6. The maximum absolute atomic E-state index is 9.01. The first-order valence-electron chi connectivity index (χ1n) is 6.54. The molecule has 0 saturated heterocycles. The van der Waals surface area contributed by atoms with Gasteiger partial charge in [0, 0.05) is 11.6 Å². The lowest BCUT2D eigenvalue weighted by Gasteiger charge is -2.25. The zero-order chi connectivity index (χ0) is 12.6. The standard InChI is InChI=1S/C14H16N4/c1-2-14(7-3-4-8-14)13-17-16-12-6-5-11(9-15)10-18(12)13/h5-6,10H,2-4,7-8H2,1H3. The zero-order valence-electron chi connectivity index (χ0n) is 10.6. The van der Waals surface area contributed by atoms with Gasteiger partial charge in [0.1, 0.15) is 11.9 Å². The van der Waals surface area contributed by atoms with E-state index in [0.717, 1.165) is 17.9 Å². The molecule has 4 nitrogen and oxygen atoms in total. The second-order valence-corrected chi connectivity index (χ2v) is 5.12. The maximum Gasteiger partial charge on any atom is 0.160 e. The fraction of sp³-hybridized carbons (Fsp3) is 0.500. The Hall–Kier alpha value is -1.89. The van der Waals surface area contributed by atoms with Crippen LogP contribution in [-0.4, -0.2) is 14.6 Å². The molecule has 18 heavy (non-hydrogen) atoms. The molecule has 0 spiro atoms. The minimum Gasteiger partial charge on any atom is -0.285 e. The van der Waals surface area contributed by atoms with Crippen LogP contribution in [0.2, 0.25) is 0 Å². The third-order valence-corrected chi connectivity index (χ3v) is 4.24. The van der Waals surface area contributed by atoms with E-state index in [4.69, 9.17) is 5.26 Å². The number of rotatable bonds is 2. The van der Waals surface area contributed by atoms with E-state index in [1.165, 1.54) is 25.7 Å². The first-order chi connectivity index (χ1) is 8.79. The SMILES string of the molecule is CCC1(c2nnc3ccc(C#N)cn23)CCCC1. The van der Waals surface area contributed by atoms with Crippen molar-refractivity contribution in [2.24, 2.45) is 0 Å². The van der Waals surface area contributed by atoms with E-state index in [0.29, 0.717) is 5.56 Å². The molecule has 0 aliphatic heterocycles. The molecule has 0 bridgehead atoms. The highest BCUT2D eigenvalue weighted by Gasteiger charge is 2.37. The van der Waals surface area contributed by atoms with Crippen molar-refractivity contribution in [3.05, 3.63) is 29.7 Å². The largest absolute Gasteiger partial charge is 0.285 e. The molecule has 2 aromatic heterocycles. The summed E-state index contributed by atoms with van der Waals surface area (Å²) in [7, 11) is 0. The normalized spacial score (nSPS) is 18.0. The summed E-state index contributed by atoms with van der Waals surface area (Å²) in [5.41, 5.74) is 1.66. The number of pyridine rings is 1. The van der Waals surface area contributed by atoms with Crippen molar-refractivity contribution < 1.29 is 0 Å². The topological polar surface area (TPSA) is 54.0 Å². The summed E-state index contributed by atoms with van der Waals surface area (Å²) in [5.74, 6) is 1.04. The van der Waals surface area contributed by atoms with Gasteiger partial charge < -0.3 is 0 Å². The van der Waals surface area contributed by atoms with Crippen molar-refractivity contribution in [3.63, 3.8) is 0 Å². The van der Waals surface area contributed by atoms with Crippen LogP contribution >= 0.6 is 0 Å². The summed E-state index contributed by atoms with van der Waals surface area (Å²) < 4.78 is 2.01. The second-order valence-electron chi connectivity index (χ2n) is 5.12. The number of hydrogen-bond acceptors (Lipinski definition) is 3. The molecule has 0 unspecified atom stereocenters. The fourth-order valence-corrected chi connectivity index (χ4v) is 3.11. The van der Waals surface area contributed by atoms with E-state index >= 15 is 0 Å². The van der Waals surface area contributed by atoms with Gasteiger partial charge in [0.05, 0.1) is 5.56 Å². The Labute approximate surface area is 106 Å². The van der Waals surface area contributed by atoms with Crippen LogP contribution in [0.1, 0.15) is 50.4 Å². The van der Waals surface area contributed by atoms with Crippen LogP contribution < -0.4 is 0 Å². The highest BCUT2D eigenvalue weighted by atomic mass is 15.3. The van der Waals surface area contributed by atoms with Crippen molar-refractivity contribution in [3.8, 4) is 6.07 Å². The molecule has 1 fully saturated rings. The van der Waals surface area contributed by atoms with E-state index in [2.05, 4.69) is 23.2 Å². The van der Waals surface area contributed by atoms with E-state index in [-0.39, 0.29) is 5.41 Å². The molecule has 0 aromatic carbocycles. The molecule has 1 aliphatic rings. The van der Waals surface area contributed by atoms with Gasteiger partial charge in [-0.1, -0.05) is 19.8 Å². The summed E-state index contributed by atoms with van der Waals surface area (Å²) in [6.07, 6.45) is 7.84. The van der Waals surface area contributed by atoms with Crippen LogP contribution in [0.3, 0.4) is 0 Å². The fourth-order valence-electron chi connectivity index (χ4n) is 3.11. The van der Waals surface area contributed by atoms with E-state index in [1.54, 1.807) is 6.07 Å². The molecule has 1 saturated carbocycles. The molecular weight excluding hydrogens is 224 g/mol. The Morgan fingerprint density at radius 3 is 2.78 bits per heavy atom. The monoisotopic (exact) mass is 240 g/mol. The lowest BCUT2D eigenvalue weighted by atomic mass is 9.82. The Morgan fingerprint density at radius 2 is 2.11 bits per heavy atom. The van der Waals surface area contributed by atoms with Crippen LogP contribution in [0.25, 0.3) is 5.65 Å². The number of aromatic nitrogens is 3. The number of hydrogen-bond donors (Lipinski definition) is 0. The van der Waals surface area contributed by atoms with Gasteiger partial charge in [-0.25, -0.2) is 0 Å². The van der Waals surface area contributed by atoms with Crippen molar-refractivity contribution >= 4 is 5.65 Å². The van der Waals surface area contributed by atoms with Crippen LogP contribution in [-0.2, 0) is 5.41 Å². The van der Waals surface area contributed by atoms with Crippen molar-refractivity contribution in [1.82, 2.24) is 14.6 Å². The summed E-state index contributed by atoms with van der Waals surface area (Å²) >= 11 is 0. The van der Waals surface area contributed by atoms with Crippen molar-refractivity contribution in [1.29, 1.82) is 5.26 Å². The Kier molecular flexibility index (Phi) is 2.55. The van der Waals surface area contributed by atoms with Gasteiger partial charge in [-0.3, -0.25) is 4.40 Å². The van der Waals surface area contributed by atoms with Gasteiger partial charge in [0.15, 0.2) is 5.65 Å². The molecule has 2 aromatic rings. The van der Waals surface area contributed by atoms with Crippen molar-refractivity contribution in [2.75, 3.05) is 0 Å². The molecule has 0 N–H and O–H groups in total. The highest BCUT2D eigenvalue weighted by molar-refractivity contribution is 5.43. The smallest absolute Gasteiger partial charge is 0.160 e. The third-order valence-electron chi connectivity index (χ3n) is 4.24. The Morgan fingerprint density at radius 1 is 1.33 bits per heavy atom. The first kappa shape index (κ1) is 11.2. The number of nitriles is 1. The van der Waals surface area contributed by atoms with Gasteiger partial charge in [0.2, 0.25) is 0 Å². The van der Waals surface area contributed by atoms with Gasteiger partial charge in [-0.15, -0.1) is 10.2 Å². The molecule has 92 valence electrons. The van der Waals surface area contributed by atoms with Gasteiger partial charge >= 0.3 is 0 Å². The molecule has 3 rings (SSSR count). The molecule has 4 heteroatoms. The number of fused-ring (bicyclic) bond motifs is 1. The summed E-state index contributed by atoms with van der Waals surface area (Å²) in [6.45, 7) is 2.22. The van der Waals surface area contributed by atoms with E-state index in [9.17, 15) is 0 Å². The van der Waals surface area contributed by atoms with Crippen LogP contribution in [0.5, 0.6) is 0 Å². The first-order valence-corrected chi connectivity index (χ1v) is 6.54. The Bertz CT molecular complexity index is 614. The van der Waals surface area contributed by atoms with Gasteiger partial charge in [-0.05, 0) is 31.4 Å². The summed E-state index contributed by atoms with van der Waals surface area (Å²) in [6, 6.07) is 5.84. The average Bonchev–Trinajstić information content (AvgIpc) is 3.04. The lowest BCUT2D eigenvalue weighted by molar-refractivity contribution is 0.395. The quantitative estimate of drug-likeness (QED) is 0.811. The lowest BCUT2D eigenvalue weighted by Crippen LogP contribution is -2.24. The van der Waals surface area contributed by atoms with E-state index < -0.39 is 0 Å². The van der Waals surface area contributed by atoms with Gasteiger partial charge in [-0.2, -0.15) is 5.26 Å². The minimum absolute atomic E-state index is 0.160. The molecule has 0 atom stereocenters. The average molecular weight is 240 g/mol. The summed E-state index contributed by atoms with van der Waals surface area (Å²) in [4.78, 5) is 0. The second kappa shape index (κ2) is 4.09. The highest BCUT2D eigenvalue weighted by Crippen LogP contribution is 2.42. The molecule has 0 amide bonds. The molecular formula is C14H16N4. The summed E-state index contributed by atoms with van der Waals surface area (Å²) in [5, 5.41) is 17.6.